The molecule has 0 aromatic rings. The van der Waals surface area contributed by atoms with Crippen molar-refractivity contribution < 1.29 is 24.5 Å². The number of rotatable bonds is 51. The monoisotopic (exact) mass is 874 g/mol. The SMILES string of the molecule is CCCCCCCC/C=C\CCCCCCCCCC(=O)OCCCCCCCCCC/C=C\CCCCCCCCCC(=O)NC(CO)C(O)CCCCCCCCCCC. The second kappa shape index (κ2) is 52.0. The van der Waals surface area contributed by atoms with Gasteiger partial charge in [-0.3, -0.25) is 9.59 Å². The first-order valence-corrected chi connectivity index (χ1v) is 27.6. The Morgan fingerprint density at radius 1 is 0.435 bits per heavy atom. The molecular weight excluding hydrogens is 767 g/mol. The Labute approximate surface area is 386 Å². The maximum atomic E-state index is 12.4. The van der Waals surface area contributed by atoms with Gasteiger partial charge in [0.25, 0.3) is 0 Å². The molecular formula is C56H107NO5. The molecule has 3 N–H and O–H groups in total. The molecule has 0 rings (SSSR count). The Bertz CT molecular complexity index is 966. The van der Waals surface area contributed by atoms with Crippen LogP contribution in [0.5, 0.6) is 0 Å². The summed E-state index contributed by atoms with van der Waals surface area (Å²) in [6, 6.07) is -0.546. The number of aliphatic hydroxyl groups excluding tert-OH is 2. The minimum Gasteiger partial charge on any atom is -0.466 e. The molecule has 0 spiro atoms. The Balaban J connectivity index is 3.40. The average molecular weight is 874 g/mol. The fraction of sp³-hybridized carbons (Fsp3) is 0.893. The van der Waals surface area contributed by atoms with Gasteiger partial charge in [-0.15, -0.1) is 0 Å². The van der Waals surface area contributed by atoms with Crippen molar-refractivity contribution in [3.8, 4) is 0 Å². The van der Waals surface area contributed by atoms with E-state index in [9.17, 15) is 19.8 Å². The number of amides is 1. The van der Waals surface area contributed by atoms with Crippen LogP contribution < -0.4 is 5.32 Å². The number of hydrogen-bond acceptors (Lipinski definition) is 5. The van der Waals surface area contributed by atoms with E-state index in [0.29, 0.717) is 25.9 Å². The highest BCUT2D eigenvalue weighted by Gasteiger charge is 2.20. The van der Waals surface area contributed by atoms with Crippen LogP contribution in [0.4, 0.5) is 0 Å². The topological polar surface area (TPSA) is 95.9 Å². The van der Waals surface area contributed by atoms with Crippen LogP contribution >= 0.6 is 0 Å². The van der Waals surface area contributed by atoms with E-state index in [-0.39, 0.29) is 18.5 Å². The molecule has 62 heavy (non-hydrogen) atoms. The summed E-state index contributed by atoms with van der Waals surface area (Å²) in [5, 5.41) is 23.1. The number of ether oxygens (including phenoxy) is 1. The summed E-state index contributed by atoms with van der Waals surface area (Å²) < 4.78 is 5.48. The smallest absolute Gasteiger partial charge is 0.305 e. The van der Waals surface area contributed by atoms with Gasteiger partial charge in [0.2, 0.25) is 5.91 Å². The van der Waals surface area contributed by atoms with E-state index in [0.717, 1.165) is 44.9 Å². The van der Waals surface area contributed by atoms with Gasteiger partial charge in [0, 0.05) is 12.8 Å². The van der Waals surface area contributed by atoms with Crippen LogP contribution in [0.1, 0.15) is 296 Å². The second-order valence-electron chi connectivity index (χ2n) is 18.9. The van der Waals surface area contributed by atoms with E-state index in [1.807, 2.05) is 0 Å². The first-order valence-electron chi connectivity index (χ1n) is 27.6. The van der Waals surface area contributed by atoms with E-state index in [2.05, 4.69) is 43.5 Å². The summed E-state index contributed by atoms with van der Waals surface area (Å²) in [5.41, 5.74) is 0. The first-order chi connectivity index (χ1) is 30.5. The molecule has 2 unspecified atom stereocenters. The number of esters is 1. The minimum atomic E-state index is -0.668. The van der Waals surface area contributed by atoms with Crippen LogP contribution in [0.25, 0.3) is 0 Å². The van der Waals surface area contributed by atoms with E-state index in [1.54, 1.807) is 0 Å². The third-order valence-corrected chi connectivity index (χ3v) is 12.7. The van der Waals surface area contributed by atoms with Gasteiger partial charge in [0.05, 0.1) is 25.4 Å². The predicted molar refractivity (Wildman–Crippen MR) is 269 cm³/mol. The fourth-order valence-corrected chi connectivity index (χ4v) is 8.45. The van der Waals surface area contributed by atoms with E-state index in [4.69, 9.17) is 4.74 Å². The number of carbonyl (C=O) groups is 2. The minimum absolute atomic E-state index is 0.000370. The largest absolute Gasteiger partial charge is 0.466 e. The van der Waals surface area contributed by atoms with E-state index < -0.39 is 12.1 Å². The molecule has 0 saturated carbocycles. The van der Waals surface area contributed by atoms with E-state index >= 15 is 0 Å². The highest BCUT2D eigenvalue weighted by molar-refractivity contribution is 5.76. The van der Waals surface area contributed by atoms with Gasteiger partial charge in [0.15, 0.2) is 0 Å². The Morgan fingerprint density at radius 3 is 1.15 bits per heavy atom. The molecule has 0 heterocycles. The maximum absolute atomic E-state index is 12.4. The van der Waals surface area contributed by atoms with Crippen molar-refractivity contribution >= 4 is 11.9 Å². The molecule has 6 heteroatoms. The predicted octanol–water partition coefficient (Wildman–Crippen LogP) is 16.7. The third-order valence-electron chi connectivity index (χ3n) is 12.7. The molecule has 0 radical (unpaired) electrons. The zero-order chi connectivity index (χ0) is 45.1. The Hall–Kier alpha value is -1.66. The summed E-state index contributed by atoms with van der Waals surface area (Å²) in [5.74, 6) is -0.0468. The third kappa shape index (κ3) is 47.8. The number of unbranched alkanes of at least 4 members (excludes halogenated alkanes) is 36. The molecule has 0 fully saturated rings. The van der Waals surface area contributed by atoms with Crippen LogP contribution in [0.3, 0.4) is 0 Å². The molecule has 0 bridgehead atoms. The highest BCUT2D eigenvalue weighted by Crippen LogP contribution is 2.16. The van der Waals surface area contributed by atoms with Crippen molar-refractivity contribution in [1.82, 2.24) is 5.32 Å². The summed E-state index contributed by atoms with van der Waals surface area (Å²) in [6.45, 7) is 4.92. The highest BCUT2D eigenvalue weighted by atomic mass is 16.5. The normalized spacial score (nSPS) is 12.8. The Kier molecular flexibility index (Phi) is 50.6. The van der Waals surface area contributed by atoms with Gasteiger partial charge < -0.3 is 20.3 Å². The molecule has 0 aliphatic heterocycles. The van der Waals surface area contributed by atoms with Crippen molar-refractivity contribution in [2.75, 3.05) is 13.2 Å². The van der Waals surface area contributed by atoms with Gasteiger partial charge in [-0.05, 0) is 77.0 Å². The molecule has 0 aromatic heterocycles. The second-order valence-corrected chi connectivity index (χ2v) is 18.9. The van der Waals surface area contributed by atoms with Crippen LogP contribution in [0.15, 0.2) is 24.3 Å². The average Bonchev–Trinajstić information content (AvgIpc) is 3.27. The molecule has 0 aliphatic rings. The zero-order valence-corrected chi connectivity index (χ0v) is 41.6. The van der Waals surface area contributed by atoms with Crippen molar-refractivity contribution in [2.45, 2.75) is 309 Å². The van der Waals surface area contributed by atoms with Crippen LogP contribution in [0.2, 0.25) is 0 Å². The van der Waals surface area contributed by atoms with E-state index in [1.165, 1.54) is 218 Å². The van der Waals surface area contributed by atoms with Gasteiger partial charge in [-0.25, -0.2) is 0 Å². The van der Waals surface area contributed by atoms with Gasteiger partial charge >= 0.3 is 5.97 Å². The summed E-state index contributed by atoms with van der Waals surface area (Å²) in [7, 11) is 0. The lowest BCUT2D eigenvalue weighted by Gasteiger charge is -2.22. The van der Waals surface area contributed by atoms with Crippen molar-refractivity contribution in [2.24, 2.45) is 0 Å². The molecule has 1 amide bonds. The summed E-state index contributed by atoms with van der Waals surface area (Å²) >= 11 is 0. The fourth-order valence-electron chi connectivity index (χ4n) is 8.45. The number of hydrogen-bond donors (Lipinski definition) is 3. The molecule has 0 aliphatic carbocycles. The number of aliphatic hydroxyl groups is 2. The Morgan fingerprint density at radius 2 is 0.758 bits per heavy atom. The quantitative estimate of drug-likeness (QED) is 0.0321. The van der Waals surface area contributed by atoms with Crippen LogP contribution in [0, 0.1) is 0 Å². The number of allylic oxidation sites excluding steroid dienone is 4. The van der Waals surface area contributed by atoms with Crippen molar-refractivity contribution in [3.05, 3.63) is 24.3 Å². The molecule has 0 saturated heterocycles. The van der Waals surface area contributed by atoms with Crippen molar-refractivity contribution in [1.29, 1.82) is 0 Å². The number of carbonyl (C=O) groups excluding carboxylic acids is 2. The lowest BCUT2D eigenvalue weighted by molar-refractivity contribution is -0.143. The van der Waals surface area contributed by atoms with Crippen molar-refractivity contribution in [3.63, 3.8) is 0 Å². The maximum Gasteiger partial charge on any atom is 0.305 e. The van der Waals surface area contributed by atoms with Gasteiger partial charge in [-0.2, -0.15) is 0 Å². The van der Waals surface area contributed by atoms with Crippen LogP contribution in [-0.2, 0) is 14.3 Å². The standard InChI is InChI=1S/C56H107NO5/c1-3-5-7-9-11-13-14-15-16-20-24-27-30-34-38-42-46-50-56(61)62-51-47-43-39-35-31-28-25-22-19-17-18-21-23-26-29-33-37-41-45-49-55(60)57-53(52-58)54(59)48-44-40-36-32-12-10-8-6-4-2/h15-18,53-54,58-59H,3-14,19-52H2,1-2H3,(H,57,60)/b16-15-,18-17-. The zero-order valence-electron chi connectivity index (χ0n) is 41.6. The summed E-state index contributed by atoms with van der Waals surface area (Å²) in [4.78, 5) is 24.4. The summed E-state index contributed by atoms with van der Waals surface area (Å²) in [6.07, 6.45) is 61.7. The molecule has 366 valence electrons. The van der Waals surface area contributed by atoms with Gasteiger partial charge in [0.1, 0.15) is 0 Å². The number of nitrogens with one attached hydrogen (secondary N) is 1. The lowest BCUT2D eigenvalue weighted by Crippen LogP contribution is -2.45. The lowest BCUT2D eigenvalue weighted by atomic mass is 10.0. The first kappa shape index (κ1) is 60.3. The molecule has 6 nitrogen and oxygen atoms in total. The van der Waals surface area contributed by atoms with Crippen LogP contribution in [-0.4, -0.2) is 47.4 Å². The molecule has 0 aromatic carbocycles. The molecule has 2 atom stereocenters. The van der Waals surface area contributed by atoms with Gasteiger partial charge in [-0.1, -0.05) is 231 Å².